The van der Waals surface area contributed by atoms with Crippen molar-refractivity contribution in [1.29, 1.82) is 0 Å². The van der Waals surface area contributed by atoms with Gasteiger partial charge in [-0.05, 0) is 36.2 Å². The molecule has 4 nitrogen and oxygen atoms in total. The van der Waals surface area contributed by atoms with E-state index in [1.165, 1.54) is 16.9 Å². The minimum Gasteiger partial charge on any atom is -0.487 e. The predicted octanol–water partition coefficient (Wildman–Crippen LogP) is 4.46. The Balaban J connectivity index is 1.53. The van der Waals surface area contributed by atoms with Gasteiger partial charge in [-0.15, -0.1) is 11.3 Å². The number of nitrogens with one attached hydrogen (secondary N) is 1. The number of rotatable bonds is 7. The first-order chi connectivity index (χ1) is 12.2. The van der Waals surface area contributed by atoms with E-state index >= 15 is 0 Å². The highest BCUT2D eigenvalue weighted by Crippen LogP contribution is 2.17. The van der Waals surface area contributed by atoms with Crippen LogP contribution in [0.4, 0.5) is 0 Å². The van der Waals surface area contributed by atoms with Crippen LogP contribution in [0.15, 0.2) is 63.9 Å². The number of carbonyl (C=O) groups excluding carboxylic acids is 1. The van der Waals surface area contributed by atoms with Crippen LogP contribution in [0.5, 0.6) is 5.75 Å². The van der Waals surface area contributed by atoms with Crippen LogP contribution in [0.3, 0.4) is 0 Å². The number of benzene rings is 2. The average Bonchev–Trinajstić information content (AvgIpc) is 3.15. The number of hydrogen-bond donors (Lipinski definition) is 1. The fourth-order valence-electron chi connectivity index (χ4n) is 2.31. The summed E-state index contributed by atoms with van der Waals surface area (Å²) in [5, 5.41) is 4.89. The summed E-state index contributed by atoms with van der Waals surface area (Å²) >= 11 is 5.05. The fourth-order valence-corrected chi connectivity index (χ4v) is 3.33. The highest BCUT2D eigenvalue weighted by molar-refractivity contribution is 9.10. The monoisotopic (exact) mass is 416 g/mol. The number of amides is 1. The minimum absolute atomic E-state index is 0.105. The minimum atomic E-state index is -0.105. The number of nitrogens with zero attached hydrogens (tertiary/aromatic N) is 1. The van der Waals surface area contributed by atoms with E-state index in [-0.39, 0.29) is 5.91 Å². The highest BCUT2D eigenvalue weighted by atomic mass is 79.9. The van der Waals surface area contributed by atoms with Gasteiger partial charge in [-0.2, -0.15) is 0 Å². The molecule has 3 rings (SSSR count). The van der Waals surface area contributed by atoms with Gasteiger partial charge in [0.15, 0.2) is 0 Å². The maximum Gasteiger partial charge on any atom is 0.251 e. The molecule has 0 aliphatic carbocycles. The molecule has 2 aromatic carbocycles. The zero-order chi connectivity index (χ0) is 17.5. The Bertz CT molecular complexity index is 837. The van der Waals surface area contributed by atoms with Crippen molar-refractivity contribution in [2.75, 3.05) is 6.54 Å². The van der Waals surface area contributed by atoms with Crippen molar-refractivity contribution in [2.24, 2.45) is 0 Å². The van der Waals surface area contributed by atoms with Gasteiger partial charge >= 0.3 is 0 Å². The molecule has 0 saturated heterocycles. The topological polar surface area (TPSA) is 51.2 Å². The molecule has 128 valence electrons. The average molecular weight is 417 g/mol. The molecule has 1 N–H and O–H groups in total. The van der Waals surface area contributed by atoms with Crippen molar-refractivity contribution in [3.63, 3.8) is 0 Å². The lowest BCUT2D eigenvalue weighted by atomic mass is 10.1. The maximum atomic E-state index is 12.3. The van der Waals surface area contributed by atoms with Gasteiger partial charge in [-0.1, -0.05) is 40.2 Å². The Kier molecular flexibility index (Phi) is 6.19. The van der Waals surface area contributed by atoms with Crippen molar-refractivity contribution >= 4 is 33.2 Å². The second-order valence-corrected chi connectivity index (χ2v) is 6.97. The third-order valence-electron chi connectivity index (χ3n) is 3.60. The lowest BCUT2D eigenvalue weighted by Gasteiger charge is -2.09. The van der Waals surface area contributed by atoms with Crippen LogP contribution < -0.4 is 10.1 Å². The summed E-state index contributed by atoms with van der Waals surface area (Å²) in [6.07, 6.45) is 0.771. The number of carbonyl (C=O) groups is 1. The van der Waals surface area contributed by atoms with Crippen molar-refractivity contribution < 1.29 is 9.53 Å². The third-order valence-corrected chi connectivity index (χ3v) is 5.01. The third kappa shape index (κ3) is 5.14. The molecule has 0 unspecified atom stereocenters. The van der Waals surface area contributed by atoms with Gasteiger partial charge in [0.05, 0.1) is 11.2 Å². The van der Waals surface area contributed by atoms with E-state index in [0.29, 0.717) is 24.5 Å². The summed E-state index contributed by atoms with van der Waals surface area (Å²) in [6.45, 7) is 0.974. The van der Waals surface area contributed by atoms with Crippen LogP contribution in [0.25, 0.3) is 0 Å². The van der Waals surface area contributed by atoms with Crippen LogP contribution in [0.1, 0.15) is 21.6 Å². The Labute approximate surface area is 159 Å². The van der Waals surface area contributed by atoms with Gasteiger partial charge in [0.25, 0.3) is 5.91 Å². The molecule has 0 saturated carbocycles. The lowest BCUT2D eigenvalue weighted by molar-refractivity contribution is 0.0953. The largest absolute Gasteiger partial charge is 0.487 e. The molecule has 0 fully saturated rings. The molecule has 0 aliphatic rings. The van der Waals surface area contributed by atoms with Gasteiger partial charge in [0.2, 0.25) is 0 Å². The smallest absolute Gasteiger partial charge is 0.251 e. The van der Waals surface area contributed by atoms with Crippen LogP contribution in [0.2, 0.25) is 0 Å². The first kappa shape index (κ1) is 17.6. The number of ether oxygens (including phenoxy) is 1. The van der Waals surface area contributed by atoms with E-state index in [0.717, 1.165) is 16.6 Å². The van der Waals surface area contributed by atoms with Crippen molar-refractivity contribution in [1.82, 2.24) is 10.3 Å². The summed E-state index contributed by atoms with van der Waals surface area (Å²) in [5.41, 5.74) is 4.41. The van der Waals surface area contributed by atoms with Crippen LogP contribution in [0, 0.1) is 0 Å². The molecule has 0 atom stereocenters. The van der Waals surface area contributed by atoms with E-state index in [4.69, 9.17) is 4.74 Å². The molecule has 0 aliphatic heterocycles. The van der Waals surface area contributed by atoms with Crippen molar-refractivity contribution in [3.8, 4) is 5.75 Å². The first-order valence-electron chi connectivity index (χ1n) is 7.84. The highest BCUT2D eigenvalue weighted by Gasteiger charge is 2.07. The van der Waals surface area contributed by atoms with E-state index in [2.05, 4.69) is 26.2 Å². The Morgan fingerprint density at radius 3 is 2.88 bits per heavy atom. The zero-order valence-electron chi connectivity index (χ0n) is 13.4. The van der Waals surface area contributed by atoms with Crippen LogP contribution in [-0.4, -0.2) is 17.4 Å². The Morgan fingerprint density at radius 1 is 1.20 bits per heavy atom. The quantitative estimate of drug-likeness (QED) is 0.618. The van der Waals surface area contributed by atoms with E-state index in [1.807, 2.05) is 41.8 Å². The number of halogens is 1. The SMILES string of the molecule is O=C(NCCc1ccccc1Br)c1cccc(OCc2cscn2)c1. The molecule has 0 spiro atoms. The zero-order valence-corrected chi connectivity index (χ0v) is 15.8. The molecule has 3 aromatic rings. The van der Waals surface area contributed by atoms with Gasteiger partial charge < -0.3 is 10.1 Å². The summed E-state index contributed by atoms with van der Waals surface area (Å²) in [7, 11) is 0. The summed E-state index contributed by atoms with van der Waals surface area (Å²) in [4.78, 5) is 16.5. The summed E-state index contributed by atoms with van der Waals surface area (Å²) < 4.78 is 6.75. The molecular formula is C19H17BrN2O2S. The van der Waals surface area contributed by atoms with E-state index in [9.17, 15) is 4.79 Å². The molecule has 0 radical (unpaired) electrons. The Morgan fingerprint density at radius 2 is 2.08 bits per heavy atom. The van der Waals surface area contributed by atoms with Gasteiger partial charge in [-0.25, -0.2) is 4.98 Å². The van der Waals surface area contributed by atoms with E-state index in [1.54, 1.807) is 17.6 Å². The molecular weight excluding hydrogens is 400 g/mol. The van der Waals surface area contributed by atoms with E-state index < -0.39 is 0 Å². The predicted molar refractivity (Wildman–Crippen MR) is 103 cm³/mol. The standard InChI is InChI=1S/C19H17BrN2O2S/c20-18-7-2-1-4-14(18)8-9-21-19(23)15-5-3-6-17(10-15)24-11-16-12-25-13-22-16/h1-7,10,12-13H,8-9,11H2,(H,21,23). The maximum absolute atomic E-state index is 12.3. The van der Waals surface area contributed by atoms with Crippen LogP contribution in [-0.2, 0) is 13.0 Å². The van der Waals surface area contributed by atoms with Crippen molar-refractivity contribution in [3.05, 3.63) is 80.7 Å². The number of hydrogen-bond acceptors (Lipinski definition) is 4. The summed E-state index contributed by atoms with van der Waals surface area (Å²) in [5.74, 6) is 0.553. The fraction of sp³-hybridized carbons (Fsp3) is 0.158. The molecule has 1 aromatic heterocycles. The second kappa shape index (κ2) is 8.78. The molecule has 25 heavy (non-hydrogen) atoms. The van der Waals surface area contributed by atoms with Gasteiger partial charge in [0.1, 0.15) is 12.4 Å². The molecule has 1 amide bonds. The van der Waals surface area contributed by atoms with Gasteiger partial charge in [0, 0.05) is 22.0 Å². The number of thiazole rings is 1. The second-order valence-electron chi connectivity index (χ2n) is 5.39. The van der Waals surface area contributed by atoms with Gasteiger partial charge in [-0.3, -0.25) is 4.79 Å². The molecule has 0 bridgehead atoms. The van der Waals surface area contributed by atoms with Crippen LogP contribution >= 0.6 is 27.3 Å². The normalized spacial score (nSPS) is 10.4. The molecule has 1 heterocycles. The number of aromatic nitrogens is 1. The van der Waals surface area contributed by atoms with Crippen molar-refractivity contribution in [2.45, 2.75) is 13.0 Å². The first-order valence-corrected chi connectivity index (χ1v) is 9.57. The Hall–Kier alpha value is -2.18. The summed E-state index contributed by atoms with van der Waals surface area (Å²) in [6, 6.07) is 15.2. The lowest BCUT2D eigenvalue weighted by Crippen LogP contribution is -2.25. The molecule has 6 heteroatoms.